The highest BCUT2D eigenvalue weighted by molar-refractivity contribution is 8.00. The van der Waals surface area contributed by atoms with E-state index in [-0.39, 0.29) is 18.0 Å². The zero-order valence-corrected chi connectivity index (χ0v) is 17.1. The van der Waals surface area contributed by atoms with Crippen molar-refractivity contribution in [2.75, 3.05) is 46.6 Å². The second-order valence-corrected chi connectivity index (χ2v) is 8.67. The lowest BCUT2D eigenvalue weighted by Gasteiger charge is -2.36. The van der Waals surface area contributed by atoms with Gasteiger partial charge in [-0.3, -0.25) is 9.59 Å². The molecule has 1 amide bonds. The van der Waals surface area contributed by atoms with Gasteiger partial charge < -0.3 is 19.3 Å². The molecule has 0 aromatic heterocycles. The number of carbonyl (C=O) groups is 2. The number of likely N-dealkylation sites (N-methyl/N-ethyl adjacent to an activating group) is 1. The van der Waals surface area contributed by atoms with Crippen LogP contribution in [0.5, 0.6) is 5.75 Å². The molecular formula is C20H28N2O4S. The molecule has 0 bridgehead atoms. The van der Waals surface area contributed by atoms with Crippen LogP contribution in [0.15, 0.2) is 29.2 Å². The normalized spacial score (nSPS) is 21.6. The Morgan fingerprint density at radius 3 is 2.78 bits per heavy atom. The van der Waals surface area contributed by atoms with Gasteiger partial charge in [0.2, 0.25) is 5.91 Å². The SMILES string of the molecule is COc1cccc(SCC(=O)N2CCC3(CC2)CC(CN(C)C)OC3=O)c1. The largest absolute Gasteiger partial charge is 0.497 e. The minimum absolute atomic E-state index is 0.0293. The van der Waals surface area contributed by atoms with Crippen LogP contribution in [0.3, 0.4) is 0 Å². The zero-order valence-electron chi connectivity index (χ0n) is 16.3. The third-order valence-corrected chi connectivity index (χ3v) is 6.35. The van der Waals surface area contributed by atoms with Crippen molar-refractivity contribution in [3.63, 3.8) is 0 Å². The summed E-state index contributed by atoms with van der Waals surface area (Å²) in [6.45, 7) is 2.01. The number of hydrogen-bond acceptors (Lipinski definition) is 6. The minimum Gasteiger partial charge on any atom is -0.497 e. The van der Waals surface area contributed by atoms with Crippen molar-refractivity contribution >= 4 is 23.6 Å². The van der Waals surface area contributed by atoms with Gasteiger partial charge in [-0.25, -0.2) is 0 Å². The summed E-state index contributed by atoms with van der Waals surface area (Å²) in [6, 6.07) is 7.72. The van der Waals surface area contributed by atoms with Crippen LogP contribution in [0.4, 0.5) is 0 Å². The van der Waals surface area contributed by atoms with E-state index >= 15 is 0 Å². The topological polar surface area (TPSA) is 59.1 Å². The van der Waals surface area contributed by atoms with Crippen LogP contribution in [0.25, 0.3) is 0 Å². The Hall–Kier alpha value is -1.73. The predicted octanol–water partition coefficient (Wildman–Crippen LogP) is 2.27. The molecule has 27 heavy (non-hydrogen) atoms. The first-order valence-electron chi connectivity index (χ1n) is 9.32. The van der Waals surface area contributed by atoms with Crippen molar-refractivity contribution in [1.29, 1.82) is 0 Å². The van der Waals surface area contributed by atoms with E-state index in [4.69, 9.17) is 9.47 Å². The third-order valence-electron chi connectivity index (χ3n) is 5.37. The average molecular weight is 393 g/mol. The van der Waals surface area contributed by atoms with Gasteiger partial charge >= 0.3 is 5.97 Å². The Balaban J connectivity index is 1.50. The second-order valence-electron chi connectivity index (χ2n) is 7.62. The van der Waals surface area contributed by atoms with Crippen LogP contribution >= 0.6 is 11.8 Å². The summed E-state index contributed by atoms with van der Waals surface area (Å²) >= 11 is 1.51. The molecule has 6 nitrogen and oxygen atoms in total. The van der Waals surface area contributed by atoms with Crippen molar-refractivity contribution in [1.82, 2.24) is 9.80 Å². The van der Waals surface area contributed by atoms with Crippen LogP contribution in [0.1, 0.15) is 19.3 Å². The number of ether oxygens (including phenoxy) is 2. The Bertz CT molecular complexity index is 686. The van der Waals surface area contributed by atoms with Gasteiger partial charge in [-0.05, 0) is 45.1 Å². The zero-order chi connectivity index (χ0) is 19.4. The number of hydrogen-bond donors (Lipinski definition) is 0. The molecule has 0 saturated carbocycles. The lowest BCUT2D eigenvalue weighted by Crippen LogP contribution is -2.45. The highest BCUT2D eigenvalue weighted by Gasteiger charge is 2.50. The number of nitrogens with zero attached hydrogens (tertiary/aromatic N) is 2. The minimum atomic E-state index is -0.391. The van der Waals surface area contributed by atoms with E-state index in [2.05, 4.69) is 0 Å². The van der Waals surface area contributed by atoms with Crippen LogP contribution in [-0.4, -0.2) is 74.4 Å². The molecule has 0 aliphatic carbocycles. The number of thioether (sulfide) groups is 1. The van der Waals surface area contributed by atoms with Gasteiger partial charge in [0.05, 0.1) is 18.3 Å². The standard InChI is InChI=1S/C20H28N2O4S/c1-21(2)13-16-12-20(19(24)26-16)7-9-22(10-8-20)18(23)14-27-17-6-4-5-15(11-17)25-3/h4-6,11,16H,7-10,12-14H2,1-3H3. The van der Waals surface area contributed by atoms with Crippen molar-refractivity contribution in [2.45, 2.75) is 30.3 Å². The van der Waals surface area contributed by atoms with Gasteiger partial charge in [0, 0.05) is 31.0 Å². The van der Waals surface area contributed by atoms with Crippen molar-refractivity contribution < 1.29 is 19.1 Å². The van der Waals surface area contributed by atoms with Crippen molar-refractivity contribution in [3.8, 4) is 5.75 Å². The predicted molar refractivity (Wildman–Crippen MR) is 105 cm³/mol. The van der Waals surface area contributed by atoms with Gasteiger partial charge in [0.25, 0.3) is 0 Å². The van der Waals surface area contributed by atoms with Gasteiger partial charge in [0.15, 0.2) is 0 Å². The van der Waals surface area contributed by atoms with Crippen LogP contribution in [-0.2, 0) is 14.3 Å². The first kappa shape index (κ1) is 20.0. The Labute approximate surface area is 165 Å². The number of piperidine rings is 1. The molecule has 1 aromatic rings. The molecule has 3 rings (SSSR count). The molecule has 0 radical (unpaired) electrons. The molecule has 2 saturated heterocycles. The number of likely N-dealkylation sites (tertiary alicyclic amines) is 1. The summed E-state index contributed by atoms with van der Waals surface area (Å²) in [7, 11) is 5.61. The molecule has 2 aliphatic heterocycles. The summed E-state index contributed by atoms with van der Waals surface area (Å²) < 4.78 is 10.8. The van der Waals surface area contributed by atoms with E-state index in [0.717, 1.165) is 23.6 Å². The highest BCUT2D eigenvalue weighted by atomic mass is 32.2. The van der Waals surface area contributed by atoms with Gasteiger partial charge in [-0.1, -0.05) is 6.07 Å². The summed E-state index contributed by atoms with van der Waals surface area (Å²) in [5.74, 6) is 1.23. The average Bonchev–Trinajstić information content (AvgIpc) is 2.94. The molecule has 2 heterocycles. The quantitative estimate of drug-likeness (QED) is 0.547. The lowest BCUT2D eigenvalue weighted by molar-refractivity contribution is -0.152. The fourth-order valence-electron chi connectivity index (χ4n) is 3.87. The Morgan fingerprint density at radius 2 is 2.11 bits per heavy atom. The molecule has 148 valence electrons. The van der Waals surface area contributed by atoms with E-state index in [1.165, 1.54) is 11.8 Å². The van der Waals surface area contributed by atoms with E-state index in [9.17, 15) is 9.59 Å². The van der Waals surface area contributed by atoms with Gasteiger partial charge in [-0.2, -0.15) is 0 Å². The Kier molecular flexibility index (Phi) is 6.32. The number of cyclic esters (lactones) is 1. The maximum Gasteiger partial charge on any atom is 0.312 e. The molecule has 1 aromatic carbocycles. The second kappa shape index (κ2) is 8.52. The maximum absolute atomic E-state index is 12.6. The van der Waals surface area contributed by atoms with Crippen LogP contribution < -0.4 is 4.74 Å². The van der Waals surface area contributed by atoms with Gasteiger partial charge in [-0.15, -0.1) is 11.8 Å². The number of carbonyl (C=O) groups excluding carboxylic acids is 2. The summed E-state index contributed by atoms with van der Waals surface area (Å²) in [6.07, 6.45) is 2.14. The molecule has 2 fully saturated rings. The van der Waals surface area contributed by atoms with E-state index in [1.54, 1.807) is 7.11 Å². The lowest BCUT2D eigenvalue weighted by atomic mass is 9.76. The number of benzene rings is 1. The number of methoxy groups -OCH3 is 1. The van der Waals surface area contributed by atoms with Crippen LogP contribution in [0, 0.1) is 5.41 Å². The molecule has 0 N–H and O–H groups in total. The number of rotatable bonds is 6. The summed E-state index contributed by atoms with van der Waals surface area (Å²) in [4.78, 5) is 29.9. The fourth-order valence-corrected chi connectivity index (χ4v) is 4.71. The summed E-state index contributed by atoms with van der Waals surface area (Å²) in [5, 5.41) is 0. The number of amides is 1. The highest BCUT2D eigenvalue weighted by Crippen LogP contribution is 2.43. The maximum atomic E-state index is 12.6. The third kappa shape index (κ3) is 4.76. The first-order chi connectivity index (χ1) is 12.9. The molecular weight excluding hydrogens is 364 g/mol. The van der Waals surface area contributed by atoms with E-state index in [1.807, 2.05) is 48.2 Å². The molecule has 2 aliphatic rings. The van der Waals surface area contributed by atoms with E-state index in [0.29, 0.717) is 31.7 Å². The molecule has 7 heteroatoms. The summed E-state index contributed by atoms with van der Waals surface area (Å²) in [5.41, 5.74) is -0.391. The fraction of sp³-hybridized carbons (Fsp3) is 0.600. The van der Waals surface area contributed by atoms with Crippen LogP contribution in [0.2, 0.25) is 0 Å². The first-order valence-corrected chi connectivity index (χ1v) is 10.3. The molecule has 1 atom stereocenters. The van der Waals surface area contributed by atoms with Gasteiger partial charge in [0.1, 0.15) is 11.9 Å². The Morgan fingerprint density at radius 1 is 1.37 bits per heavy atom. The smallest absolute Gasteiger partial charge is 0.312 e. The number of esters is 1. The van der Waals surface area contributed by atoms with Crippen molar-refractivity contribution in [3.05, 3.63) is 24.3 Å². The van der Waals surface area contributed by atoms with E-state index < -0.39 is 5.41 Å². The molecule has 1 spiro atoms. The molecule has 1 unspecified atom stereocenters. The van der Waals surface area contributed by atoms with Crippen molar-refractivity contribution in [2.24, 2.45) is 5.41 Å². The monoisotopic (exact) mass is 392 g/mol.